The second-order valence-electron chi connectivity index (χ2n) is 5.14. The van der Waals surface area contributed by atoms with Crippen molar-refractivity contribution < 1.29 is 5.11 Å². The van der Waals surface area contributed by atoms with Crippen molar-refractivity contribution >= 4 is 0 Å². The highest BCUT2D eigenvalue weighted by atomic mass is 16.3. The van der Waals surface area contributed by atoms with Gasteiger partial charge >= 0.3 is 0 Å². The molecule has 0 atom stereocenters. The van der Waals surface area contributed by atoms with E-state index < -0.39 is 0 Å². The van der Waals surface area contributed by atoms with E-state index in [1.54, 1.807) is 0 Å². The monoisotopic (exact) mass is 247 g/mol. The van der Waals surface area contributed by atoms with Gasteiger partial charge in [-0.1, -0.05) is 76.1 Å². The smallest absolute Gasteiger partial charge is 0.108 e. The summed E-state index contributed by atoms with van der Waals surface area (Å²) < 4.78 is 0. The lowest BCUT2D eigenvalue weighted by atomic mass is 10.0. The zero-order valence-electron chi connectivity index (χ0n) is 11.8. The summed E-state index contributed by atoms with van der Waals surface area (Å²) >= 11 is 0. The van der Waals surface area contributed by atoms with Gasteiger partial charge in [-0.25, -0.2) is 5.11 Å². The highest BCUT2D eigenvalue weighted by Gasteiger charge is 2.00. The molecule has 0 fully saturated rings. The zero-order valence-corrected chi connectivity index (χ0v) is 11.8. The maximum absolute atomic E-state index is 11.0. The Balaban J connectivity index is 2.07. The minimum atomic E-state index is -0.0762. The lowest BCUT2D eigenvalue weighted by Crippen LogP contribution is -1.93. The molecular weight excluding hydrogens is 220 g/mol. The summed E-state index contributed by atoms with van der Waals surface area (Å²) in [7, 11) is 0. The van der Waals surface area contributed by atoms with Gasteiger partial charge in [0.2, 0.25) is 0 Å². The van der Waals surface area contributed by atoms with Crippen molar-refractivity contribution in [2.75, 3.05) is 0 Å². The fourth-order valence-corrected chi connectivity index (χ4v) is 2.39. The number of rotatable bonds is 10. The molecule has 0 saturated carbocycles. The maximum Gasteiger partial charge on any atom is 0.108 e. The molecule has 0 aromatic heterocycles. The van der Waals surface area contributed by atoms with E-state index in [1.165, 1.54) is 56.9 Å². The van der Waals surface area contributed by atoms with Gasteiger partial charge in [0.05, 0.1) is 0 Å². The summed E-state index contributed by atoms with van der Waals surface area (Å²) in [6.07, 6.45) is 11.8. The van der Waals surface area contributed by atoms with Crippen molar-refractivity contribution in [3.8, 4) is 0 Å². The van der Waals surface area contributed by atoms with Gasteiger partial charge in [-0.3, -0.25) is 0 Å². The van der Waals surface area contributed by atoms with Gasteiger partial charge in [0, 0.05) is 0 Å². The summed E-state index contributed by atoms with van der Waals surface area (Å²) in [5.74, 6) is 0. The quantitative estimate of drug-likeness (QED) is 0.500. The van der Waals surface area contributed by atoms with Crippen molar-refractivity contribution in [2.45, 2.75) is 71.3 Å². The normalized spacial score (nSPS) is 10.8. The number of hydrogen-bond donors (Lipinski definition) is 0. The van der Waals surface area contributed by atoms with Crippen LogP contribution in [0.5, 0.6) is 0 Å². The van der Waals surface area contributed by atoms with Crippen LogP contribution in [0.25, 0.3) is 0 Å². The number of hydrogen-bond acceptors (Lipinski definition) is 0. The molecule has 1 radical (unpaired) electrons. The van der Waals surface area contributed by atoms with Crippen LogP contribution in [0.1, 0.15) is 69.4 Å². The van der Waals surface area contributed by atoms with Gasteiger partial charge in [-0.05, 0) is 24.0 Å². The third kappa shape index (κ3) is 6.20. The van der Waals surface area contributed by atoms with Crippen LogP contribution in [0.15, 0.2) is 24.3 Å². The Hall–Kier alpha value is -0.820. The molecular formula is C17H27O. The molecule has 1 heteroatoms. The molecule has 18 heavy (non-hydrogen) atoms. The fraction of sp³-hybridized carbons (Fsp3) is 0.647. The molecule has 1 rings (SSSR count). The lowest BCUT2D eigenvalue weighted by molar-refractivity contribution is 0.176. The third-order valence-electron chi connectivity index (χ3n) is 3.57. The van der Waals surface area contributed by atoms with E-state index in [9.17, 15) is 5.11 Å². The molecule has 0 bridgehead atoms. The second kappa shape index (κ2) is 10.1. The Morgan fingerprint density at radius 1 is 0.778 bits per heavy atom. The van der Waals surface area contributed by atoms with E-state index in [0.717, 1.165) is 12.0 Å². The average molecular weight is 247 g/mol. The van der Waals surface area contributed by atoms with Crippen LogP contribution >= 0.6 is 0 Å². The van der Waals surface area contributed by atoms with Gasteiger partial charge in [0.1, 0.15) is 6.61 Å². The van der Waals surface area contributed by atoms with Crippen molar-refractivity contribution in [3.05, 3.63) is 35.4 Å². The molecule has 0 spiro atoms. The molecule has 0 heterocycles. The van der Waals surface area contributed by atoms with E-state index >= 15 is 0 Å². The second-order valence-corrected chi connectivity index (χ2v) is 5.14. The highest BCUT2D eigenvalue weighted by Crippen LogP contribution is 2.14. The zero-order chi connectivity index (χ0) is 13.1. The Morgan fingerprint density at radius 2 is 1.33 bits per heavy atom. The van der Waals surface area contributed by atoms with Crippen LogP contribution in [0.3, 0.4) is 0 Å². The van der Waals surface area contributed by atoms with Gasteiger partial charge in [0.25, 0.3) is 0 Å². The van der Waals surface area contributed by atoms with Crippen LogP contribution in [0.2, 0.25) is 0 Å². The van der Waals surface area contributed by atoms with Crippen molar-refractivity contribution in [2.24, 2.45) is 0 Å². The highest BCUT2D eigenvalue weighted by molar-refractivity contribution is 5.26. The van der Waals surface area contributed by atoms with E-state index in [4.69, 9.17) is 0 Å². The third-order valence-corrected chi connectivity index (χ3v) is 3.57. The Labute approximate surface area is 112 Å². The van der Waals surface area contributed by atoms with Crippen molar-refractivity contribution in [1.82, 2.24) is 0 Å². The van der Waals surface area contributed by atoms with E-state index in [0.29, 0.717) is 0 Å². The number of unbranched alkanes of at least 4 members (excludes halogenated alkanes) is 7. The topological polar surface area (TPSA) is 19.9 Å². The number of aryl methyl sites for hydroxylation is 1. The molecule has 101 valence electrons. The molecule has 1 aromatic rings. The first-order valence-corrected chi connectivity index (χ1v) is 7.53. The van der Waals surface area contributed by atoms with Crippen LogP contribution in [-0.4, -0.2) is 0 Å². The molecule has 1 nitrogen and oxygen atoms in total. The Morgan fingerprint density at radius 3 is 1.94 bits per heavy atom. The molecule has 0 unspecified atom stereocenters. The van der Waals surface area contributed by atoms with Crippen LogP contribution in [0, 0.1) is 0 Å². The van der Waals surface area contributed by atoms with Crippen LogP contribution in [0.4, 0.5) is 0 Å². The number of benzene rings is 1. The first-order chi connectivity index (χ1) is 8.88. The molecule has 1 aromatic carbocycles. The van der Waals surface area contributed by atoms with Crippen LogP contribution in [-0.2, 0) is 18.1 Å². The molecule has 0 saturated heterocycles. The summed E-state index contributed by atoms with van der Waals surface area (Å²) in [5.41, 5.74) is 2.25. The average Bonchev–Trinajstić information content (AvgIpc) is 2.42. The largest absolute Gasteiger partial charge is 0.232 e. The summed E-state index contributed by atoms with van der Waals surface area (Å²) in [6.45, 7) is 2.18. The molecule has 0 N–H and O–H groups in total. The summed E-state index contributed by atoms with van der Waals surface area (Å²) in [5, 5.41) is 11.0. The predicted molar refractivity (Wildman–Crippen MR) is 77.1 cm³/mol. The van der Waals surface area contributed by atoms with Gasteiger partial charge in [-0.15, -0.1) is 0 Å². The first kappa shape index (κ1) is 15.2. The van der Waals surface area contributed by atoms with Gasteiger partial charge < -0.3 is 0 Å². The molecule has 0 amide bonds. The fourth-order valence-electron chi connectivity index (χ4n) is 2.39. The summed E-state index contributed by atoms with van der Waals surface area (Å²) in [6, 6.07) is 8.07. The van der Waals surface area contributed by atoms with E-state index in [1.807, 2.05) is 18.2 Å². The standard InChI is InChI=1S/C17H27O/c1-2-3-4-5-6-7-8-9-12-16-13-10-11-14-17(16)15-18/h10-11,13-14H,2-9,12,15H2,1H3. The lowest BCUT2D eigenvalue weighted by Gasteiger charge is -2.06. The van der Waals surface area contributed by atoms with E-state index in [2.05, 4.69) is 13.0 Å². The molecule has 0 aliphatic rings. The maximum atomic E-state index is 11.0. The Kier molecular flexibility index (Phi) is 8.58. The van der Waals surface area contributed by atoms with Crippen LogP contribution < -0.4 is 0 Å². The minimum Gasteiger partial charge on any atom is -0.232 e. The summed E-state index contributed by atoms with van der Waals surface area (Å²) in [4.78, 5) is 0. The first-order valence-electron chi connectivity index (χ1n) is 7.53. The van der Waals surface area contributed by atoms with E-state index in [-0.39, 0.29) is 6.61 Å². The minimum absolute atomic E-state index is 0.0762. The Bertz CT molecular complexity index is 306. The van der Waals surface area contributed by atoms with Crippen molar-refractivity contribution in [3.63, 3.8) is 0 Å². The SMILES string of the molecule is CCCCCCCCCCc1ccccc1C[O]. The molecule has 0 aliphatic carbocycles. The molecule has 0 aliphatic heterocycles. The van der Waals surface area contributed by atoms with Gasteiger partial charge in [0.15, 0.2) is 0 Å². The van der Waals surface area contributed by atoms with Gasteiger partial charge in [-0.2, -0.15) is 0 Å². The van der Waals surface area contributed by atoms with Crippen molar-refractivity contribution in [1.29, 1.82) is 0 Å². The predicted octanol–water partition coefficient (Wildman–Crippen LogP) is 5.30.